The van der Waals surface area contributed by atoms with Gasteiger partial charge in [0.05, 0.1) is 16.3 Å². The van der Waals surface area contributed by atoms with Crippen LogP contribution in [0.2, 0.25) is 0 Å². The molecule has 0 spiro atoms. The van der Waals surface area contributed by atoms with Crippen molar-refractivity contribution in [3.63, 3.8) is 0 Å². The smallest absolute Gasteiger partial charge is 0.242 e. The second kappa shape index (κ2) is 5.91. The van der Waals surface area contributed by atoms with Crippen molar-refractivity contribution in [3.05, 3.63) is 18.2 Å². The van der Waals surface area contributed by atoms with Crippen LogP contribution in [0.1, 0.15) is 0 Å². The summed E-state index contributed by atoms with van der Waals surface area (Å²) in [6.45, 7) is -0.330. The van der Waals surface area contributed by atoms with E-state index in [0.29, 0.717) is 0 Å². The minimum Gasteiger partial charge on any atom is -0.398 e. The Hall–Kier alpha value is -1.17. The van der Waals surface area contributed by atoms with Crippen molar-refractivity contribution in [3.8, 4) is 0 Å². The van der Waals surface area contributed by atoms with Crippen LogP contribution in [0.15, 0.2) is 28.0 Å². The lowest BCUT2D eigenvalue weighted by molar-refractivity contribution is 0.582. The number of sulfonamides is 1. The van der Waals surface area contributed by atoms with Gasteiger partial charge in [0.25, 0.3) is 0 Å². The number of sulfone groups is 2. The average molecular weight is 356 g/mol. The first-order valence-corrected chi connectivity index (χ1v) is 11.0. The van der Waals surface area contributed by atoms with Crippen LogP contribution in [0, 0.1) is 0 Å². The molecule has 21 heavy (non-hydrogen) atoms. The third-order valence-electron chi connectivity index (χ3n) is 2.47. The molecule has 0 saturated heterocycles. The van der Waals surface area contributed by atoms with Gasteiger partial charge in [-0.2, -0.15) is 0 Å². The van der Waals surface area contributed by atoms with Gasteiger partial charge in [-0.15, -0.1) is 0 Å². The maximum absolute atomic E-state index is 12.0. The summed E-state index contributed by atoms with van der Waals surface area (Å²) in [6.07, 6.45) is 1.91. The summed E-state index contributed by atoms with van der Waals surface area (Å²) in [4.78, 5) is -0.598. The molecule has 3 N–H and O–H groups in total. The predicted molar refractivity (Wildman–Crippen MR) is 78.9 cm³/mol. The summed E-state index contributed by atoms with van der Waals surface area (Å²) in [5, 5.41) is 0. The average Bonchev–Trinajstić information content (AvgIpc) is 2.25. The molecule has 120 valence electrons. The van der Waals surface area contributed by atoms with Crippen LogP contribution in [0.3, 0.4) is 0 Å². The van der Waals surface area contributed by atoms with E-state index in [2.05, 4.69) is 4.72 Å². The number of anilines is 1. The molecular formula is C10H16N2O6S3. The van der Waals surface area contributed by atoms with Crippen LogP contribution >= 0.6 is 0 Å². The molecule has 0 fully saturated rings. The maximum atomic E-state index is 12.0. The normalized spacial score (nSPS) is 13.2. The fourth-order valence-corrected chi connectivity index (χ4v) is 3.93. The summed E-state index contributed by atoms with van der Waals surface area (Å²) in [5.74, 6) is -0.377. The van der Waals surface area contributed by atoms with Crippen LogP contribution in [0.25, 0.3) is 0 Å². The highest BCUT2D eigenvalue weighted by molar-refractivity contribution is 7.91. The zero-order valence-electron chi connectivity index (χ0n) is 11.4. The molecule has 11 heteroatoms. The molecule has 0 heterocycles. The van der Waals surface area contributed by atoms with Gasteiger partial charge in [0.2, 0.25) is 10.0 Å². The van der Waals surface area contributed by atoms with E-state index in [1.807, 2.05) is 0 Å². The number of nitrogens with one attached hydrogen (secondary N) is 1. The first-order chi connectivity index (χ1) is 9.33. The maximum Gasteiger partial charge on any atom is 0.242 e. The number of hydrogen-bond acceptors (Lipinski definition) is 7. The van der Waals surface area contributed by atoms with E-state index in [9.17, 15) is 25.3 Å². The Balaban J connectivity index is 3.14. The van der Waals surface area contributed by atoms with Crippen LogP contribution in [-0.2, 0) is 29.7 Å². The zero-order chi connectivity index (χ0) is 16.5. The fourth-order valence-electron chi connectivity index (χ4n) is 1.42. The zero-order valence-corrected chi connectivity index (χ0v) is 13.8. The van der Waals surface area contributed by atoms with Crippen molar-refractivity contribution >= 4 is 35.4 Å². The van der Waals surface area contributed by atoms with Gasteiger partial charge < -0.3 is 5.73 Å². The van der Waals surface area contributed by atoms with Crippen molar-refractivity contribution in [1.82, 2.24) is 4.72 Å². The molecule has 0 aliphatic rings. The second-order valence-corrected chi connectivity index (χ2v) is 10.5. The molecule has 0 bridgehead atoms. The molecule has 0 unspecified atom stereocenters. The molecule has 0 aromatic heterocycles. The summed E-state index contributed by atoms with van der Waals surface area (Å²) in [5.41, 5.74) is 5.41. The number of hydrogen-bond donors (Lipinski definition) is 2. The molecule has 0 aliphatic carbocycles. The molecule has 1 aromatic carbocycles. The monoisotopic (exact) mass is 356 g/mol. The summed E-state index contributed by atoms with van der Waals surface area (Å²) < 4.78 is 70.9. The van der Waals surface area contributed by atoms with Crippen molar-refractivity contribution in [2.45, 2.75) is 9.79 Å². The van der Waals surface area contributed by atoms with E-state index in [0.717, 1.165) is 18.6 Å². The number of nitrogens with two attached hydrogens (primary N) is 1. The summed E-state index contributed by atoms with van der Waals surface area (Å²) >= 11 is 0. The van der Waals surface area contributed by atoms with Crippen molar-refractivity contribution in [1.29, 1.82) is 0 Å². The quantitative estimate of drug-likeness (QED) is 0.622. The Labute approximate surface area is 124 Å². The Kier molecular flexibility index (Phi) is 5.03. The molecule has 8 nitrogen and oxygen atoms in total. The van der Waals surface area contributed by atoms with E-state index < -0.39 is 34.6 Å². The van der Waals surface area contributed by atoms with E-state index in [4.69, 9.17) is 5.73 Å². The lowest BCUT2D eigenvalue weighted by atomic mass is 10.3. The highest BCUT2D eigenvalue weighted by atomic mass is 32.2. The first-order valence-electron chi connectivity index (χ1n) is 5.60. The Morgan fingerprint density at radius 3 is 2.10 bits per heavy atom. The van der Waals surface area contributed by atoms with Crippen LogP contribution < -0.4 is 10.5 Å². The van der Waals surface area contributed by atoms with Gasteiger partial charge in [-0.25, -0.2) is 30.0 Å². The predicted octanol–water partition coefficient (Wildman–Crippen LogP) is -1.00. The Bertz CT molecular complexity index is 841. The summed E-state index contributed by atoms with van der Waals surface area (Å²) in [7, 11) is -11.0. The molecule has 0 atom stereocenters. The van der Waals surface area contributed by atoms with Crippen molar-refractivity contribution in [2.75, 3.05) is 30.5 Å². The number of benzene rings is 1. The van der Waals surface area contributed by atoms with E-state index >= 15 is 0 Å². The van der Waals surface area contributed by atoms with Crippen LogP contribution in [0.5, 0.6) is 0 Å². The SMILES string of the molecule is CS(=O)(=O)CCNS(=O)(=O)c1cc(S(C)(=O)=O)ccc1N. The third-order valence-corrected chi connectivity index (χ3v) is 6.04. The van der Waals surface area contributed by atoms with E-state index in [1.165, 1.54) is 12.1 Å². The third kappa shape index (κ3) is 5.26. The Morgan fingerprint density at radius 2 is 1.62 bits per heavy atom. The molecule has 1 rings (SSSR count). The molecule has 0 saturated carbocycles. The van der Waals surface area contributed by atoms with E-state index in [1.54, 1.807) is 0 Å². The van der Waals surface area contributed by atoms with Crippen molar-refractivity contribution in [2.24, 2.45) is 0 Å². The van der Waals surface area contributed by atoms with Crippen LogP contribution in [0.4, 0.5) is 5.69 Å². The van der Waals surface area contributed by atoms with E-state index in [-0.39, 0.29) is 22.9 Å². The minimum atomic E-state index is -4.10. The van der Waals surface area contributed by atoms with Crippen LogP contribution in [-0.4, -0.2) is 50.1 Å². The topological polar surface area (TPSA) is 140 Å². The van der Waals surface area contributed by atoms with Gasteiger partial charge in [0.1, 0.15) is 14.7 Å². The highest BCUT2D eigenvalue weighted by Gasteiger charge is 2.20. The molecule has 1 aromatic rings. The van der Waals surface area contributed by atoms with Gasteiger partial charge in [0.15, 0.2) is 9.84 Å². The first kappa shape index (κ1) is 17.9. The number of rotatable bonds is 6. The Morgan fingerprint density at radius 1 is 1.05 bits per heavy atom. The molecule has 0 amide bonds. The highest BCUT2D eigenvalue weighted by Crippen LogP contribution is 2.22. The molecule has 0 radical (unpaired) electrons. The molecular weight excluding hydrogens is 340 g/mol. The second-order valence-electron chi connectivity index (χ2n) is 4.50. The van der Waals surface area contributed by atoms with Gasteiger partial charge in [-0.05, 0) is 18.2 Å². The standard InChI is InChI=1S/C10H16N2O6S3/c1-19(13,14)6-5-12-21(17,18)10-7-8(20(2,15)16)3-4-9(10)11/h3-4,7,12H,5-6,11H2,1-2H3. The van der Waals surface area contributed by atoms with Gasteiger partial charge in [-0.1, -0.05) is 0 Å². The van der Waals surface area contributed by atoms with Gasteiger partial charge in [-0.3, -0.25) is 0 Å². The van der Waals surface area contributed by atoms with Gasteiger partial charge >= 0.3 is 0 Å². The molecule has 0 aliphatic heterocycles. The lowest BCUT2D eigenvalue weighted by Crippen LogP contribution is -2.29. The van der Waals surface area contributed by atoms with Crippen molar-refractivity contribution < 1.29 is 25.3 Å². The largest absolute Gasteiger partial charge is 0.398 e. The number of nitrogen functional groups attached to an aromatic ring is 1. The lowest BCUT2D eigenvalue weighted by Gasteiger charge is -2.10. The fraction of sp³-hybridized carbons (Fsp3) is 0.400. The minimum absolute atomic E-state index is 0.130. The summed E-state index contributed by atoms with van der Waals surface area (Å²) in [6, 6.07) is 3.30. The van der Waals surface area contributed by atoms with Gasteiger partial charge in [0, 0.05) is 19.1 Å².